The highest BCUT2D eigenvalue weighted by molar-refractivity contribution is 14.0. The summed E-state index contributed by atoms with van der Waals surface area (Å²) < 4.78 is 22.7. The van der Waals surface area contributed by atoms with E-state index in [0.29, 0.717) is 18.9 Å². The second-order valence-corrected chi connectivity index (χ2v) is 6.98. The summed E-state index contributed by atoms with van der Waals surface area (Å²) in [5, 5.41) is 15.1. The van der Waals surface area contributed by atoms with E-state index in [1.165, 1.54) is 0 Å². The first kappa shape index (κ1) is 18.9. The van der Waals surface area contributed by atoms with Crippen molar-refractivity contribution in [3.05, 3.63) is 0 Å². The SMILES string of the molecule is CCNC(=NCC(C)CO)NC1CCS(=O)(=O)C1.I. The summed E-state index contributed by atoms with van der Waals surface area (Å²) in [4.78, 5) is 4.34. The van der Waals surface area contributed by atoms with Gasteiger partial charge in [0.05, 0.1) is 11.5 Å². The van der Waals surface area contributed by atoms with Crippen molar-refractivity contribution in [1.82, 2.24) is 10.6 Å². The number of hydrogen-bond acceptors (Lipinski definition) is 4. The van der Waals surface area contributed by atoms with Crippen molar-refractivity contribution >= 4 is 39.8 Å². The number of aliphatic hydroxyl groups is 1. The van der Waals surface area contributed by atoms with Crippen molar-refractivity contribution in [3.63, 3.8) is 0 Å². The Bertz CT molecular complexity index is 387. The summed E-state index contributed by atoms with van der Waals surface area (Å²) in [6.45, 7) is 5.20. The summed E-state index contributed by atoms with van der Waals surface area (Å²) >= 11 is 0. The van der Waals surface area contributed by atoms with Crippen LogP contribution in [0.2, 0.25) is 0 Å². The minimum absolute atomic E-state index is 0. The Kier molecular flexibility index (Phi) is 8.92. The van der Waals surface area contributed by atoms with Gasteiger partial charge in [-0.2, -0.15) is 0 Å². The molecule has 1 rings (SSSR count). The van der Waals surface area contributed by atoms with E-state index in [2.05, 4.69) is 15.6 Å². The van der Waals surface area contributed by atoms with Crippen LogP contribution in [0.15, 0.2) is 4.99 Å². The molecule has 3 N–H and O–H groups in total. The van der Waals surface area contributed by atoms with Crippen LogP contribution in [0, 0.1) is 5.92 Å². The van der Waals surface area contributed by atoms with Crippen LogP contribution >= 0.6 is 24.0 Å². The smallest absolute Gasteiger partial charge is 0.191 e. The zero-order valence-corrected chi connectivity index (χ0v) is 14.6. The number of rotatable bonds is 5. The van der Waals surface area contributed by atoms with Crippen LogP contribution < -0.4 is 10.6 Å². The van der Waals surface area contributed by atoms with Gasteiger partial charge in [-0.05, 0) is 19.3 Å². The number of guanidine groups is 1. The second-order valence-electron chi connectivity index (χ2n) is 4.75. The largest absolute Gasteiger partial charge is 0.396 e. The zero-order valence-electron chi connectivity index (χ0n) is 11.4. The topological polar surface area (TPSA) is 90.8 Å². The van der Waals surface area contributed by atoms with Gasteiger partial charge in [0.1, 0.15) is 0 Å². The zero-order chi connectivity index (χ0) is 13.6. The molecule has 6 nitrogen and oxygen atoms in total. The Balaban J connectivity index is 0.00000324. The third-order valence-corrected chi connectivity index (χ3v) is 4.56. The van der Waals surface area contributed by atoms with Crippen LogP contribution in [0.4, 0.5) is 0 Å². The Hall–Kier alpha value is -0.0900. The Morgan fingerprint density at radius 3 is 2.68 bits per heavy atom. The molecule has 19 heavy (non-hydrogen) atoms. The van der Waals surface area contributed by atoms with Crippen LogP contribution in [0.25, 0.3) is 0 Å². The lowest BCUT2D eigenvalue weighted by atomic mass is 10.2. The van der Waals surface area contributed by atoms with Gasteiger partial charge >= 0.3 is 0 Å². The molecule has 1 aliphatic heterocycles. The minimum atomic E-state index is -2.88. The van der Waals surface area contributed by atoms with Crippen LogP contribution in [0.1, 0.15) is 20.3 Å². The van der Waals surface area contributed by atoms with Gasteiger partial charge in [-0.3, -0.25) is 4.99 Å². The molecule has 1 aliphatic rings. The summed E-state index contributed by atoms with van der Waals surface area (Å²) in [7, 11) is -2.88. The fourth-order valence-electron chi connectivity index (χ4n) is 1.73. The fraction of sp³-hybridized carbons (Fsp3) is 0.909. The van der Waals surface area contributed by atoms with E-state index in [1.54, 1.807) is 0 Å². The molecule has 0 radical (unpaired) electrons. The molecule has 2 atom stereocenters. The molecule has 0 aromatic heterocycles. The average molecular weight is 405 g/mol. The van der Waals surface area contributed by atoms with Crippen molar-refractivity contribution in [2.24, 2.45) is 10.9 Å². The first-order valence-corrected chi connectivity index (χ1v) is 8.15. The number of halogens is 1. The molecule has 2 unspecified atom stereocenters. The number of nitrogens with zero attached hydrogens (tertiary/aromatic N) is 1. The maximum absolute atomic E-state index is 11.4. The molecule has 0 saturated carbocycles. The number of hydrogen-bond donors (Lipinski definition) is 3. The third-order valence-electron chi connectivity index (χ3n) is 2.79. The molecule has 0 aromatic rings. The van der Waals surface area contributed by atoms with Gasteiger partial charge in [-0.25, -0.2) is 8.42 Å². The lowest BCUT2D eigenvalue weighted by Gasteiger charge is -2.16. The van der Waals surface area contributed by atoms with Crippen LogP contribution in [0.3, 0.4) is 0 Å². The van der Waals surface area contributed by atoms with Crippen molar-refractivity contribution in [2.75, 3.05) is 31.2 Å². The normalized spacial score (nSPS) is 23.5. The fourth-order valence-corrected chi connectivity index (χ4v) is 3.40. The Morgan fingerprint density at radius 1 is 1.53 bits per heavy atom. The first-order chi connectivity index (χ1) is 8.46. The van der Waals surface area contributed by atoms with Crippen molar-refractivity contribution < 1.29 is 13.5 Å². The molecular weight excluding hydrogens is 381 g/mol. The summed E-state index contributed by atoms with van der Waals surface area (Å²) in [6, 6.07) is -0.0581. The van der Waals surface area contributed by atoms with E-state index < -0.39 is 9.84 Å². The first-order valence-electron chi connectivity index (χ1n) is 6.33. The van der Waals surface area contributed by atoms with Gasteiger partial charge in [0, 0.05) is 25.7 Å². The van der Waals surface area contributed by atoms with Gasteiger partial charge in [0.15, 0.2) is 15.8 Å². The van der Waals surface area contributed by atoms with E-state index in [4.69, 9.17) is 5.11 Å². The second kappa shape index (κ2) is 8.96. The van der Waals surface area contributed by atoms with E-state index in [-0.39, 0.29) is 54.0 Å². The lowest BCUT2D eigenvalue weighted by Crippen LogP contribution is -2.44. The van der Waals surface area contributed by atoms with E-state index in [1.807, 2.05) is 13.8 Å². The van der Waals surface area contributed by atoms with Gasteiger partial charge in [0.2, 0.25) is 0 Å². The molecule has 0 aliphatic carbocycles. The van der Waals surface area contributed by atoms with Crippen LogP contribution in [0.5, 0.6) is 0 Å². The van der Waals surface area contributed by atoms with Gasteiger partial charge in [-0.15, -0.1) is 24.0 Å². The highest BCUT2D eigenvalue weighted by atomic mass is 127. The molecule has 1 heterocycles. The molecule has 1 saturated heterocycles. The minimum Gasteiger partial charge on any atom is -0.396 e. The summed E-state index contributed by atoms with van der Waals surface area (Å²) in [5.41, 5.74) is 0. The average Bonchev–Trinajstić information content (AvgIpc) is 2.65. The van der Waals surface area contributed by atoms with Crippen LogP contribution in [-0.4, -0.2) is 56.7 Å². The number of nitrogens with one attached hydrogen (secondary N) is 2. The van der Waals surface area contributed by atoms with Crippen molar-refractivity contribution in [2.45, 2.75) is 26.3 Å². The number of aliphatic imine (C=N–C) groups is 1. The molecule has 0 bridgehead atoms. The Labute approximate surface area is 132 Å². The van der Waals surface area contributed by atoms with Crippen molar-refractivity contribution in [1.29, 1.82) is 0 Å². The number of aliphatic hydroxyl groups excluding tert-OH is 1. The molecule has 0 aromatic carbocycles. The highest BCUT2D eigenvalue weighted by Crippen LogP contribution is 2.10. The molecule has 1 fully saturated rings. The summed E-state index contributed by atoms with van der Waals surface area (Å²) in [5.74, 6) is 1.15. The van der Waals surface area contributed by atoms with E-state index >= 15 is 0 Å². The van der Waals surface area contributed by atoms with E-state index in [0.717, 1.165) is 6.54 Å². The van der Waals surface area contributed by atoms with Crippen molar-refractivity contribution in [3.8, 4) is 0 Å². The Morgan fingerprint density at radius 2 is 2.21 bits per heavy atom. The standard InChI is InChI=1S/C11H23N3O3S.HI/c1-3-12-11(13-6-9(2)7-15)14-10-4-5-18(16,17)8-10;/h9-10,15H,3-8H2,1-2H3,(H2,12,13,14);1H. The number of sulfone groups is 1. The molecule has 0 spiro atoms. The molecular formula is C11H24IN3O3S. The maximum Gasteiger partial charge on any atom is 0.191 e. The highest BCUT2D eigenvalue weighted by Gasteiger charge is 2.28. The van der Waals surface area contributed by atoms with Gasteiger partial charge < -0.3 is 15.7 Å². The van der Waals surface area contributed by atoms with Crippen LogP contribution in [-0.2, 0) is 9.84 Å². The predicted octanol–water partition coefficient (Wildman–Crippen LogP) is -0.0250. The molecule has 8 heteroatoms. The van der Waals surface area contributed by atoms with Gasteiger partial charge in [-0.1, -0.05) is 6.92 Å². The maximum atomic E-state index is 11.4. The molecule has 114 valence electrons. The van der Waals surface area contributed by atoms with Gasteiger partial charge in [0.25, 0.3) is 0 Å². The quantitative estimate of drug-likeness (QED) is 0.340. The summed E-state index contributed by atoms with van der Waals surface area (Å²) in [6.07, 6.45) is 0.627. The molecule has 0 amide bonds. The predicted molar refractivity (Wildman–Crippen MR) is 87.8 cm³/mol. The monoisotopic (exact) mass is 405 g/mol. The lowest BCUT2D eigenvalue weighted by molar-refractivity contribution is 0.241. The van der Waals surface area contributed by atoms with E-state index in [9.17, 15) is 8.42 Å². The third kappa shape index (κ3) is 7.31.